The van der Waals surface area contributed by atoms with Gasteiger partial charge in [-0.1, -0.05) is 23.7 Å². The lowest BCUT2D eigenvalue weighted by molar-refractivity contribution is -0.141. The molecule has 0 bridgehead atoms. The number of benzene rings is 2. The fourth-order valence-electron chi connectivity index (χ4n) is 3.40. The molecule has 0 aliphatic heterocycles. The molecule has 2 aromatic carbocycles. The fraction of sp³-hybridized carbons (Fsp3) is 0.240. The summed E-state index contributed by atoms with van der Waals surface area (Å²) < 4.78 is 44.4. The number of carbonyl (C=O) groups excluding carboxylic acids is 1. The van der Waals surface area contributed by atoms with Gasteiger partial charge in [0.05, 0.1) is 25.3 Å². The van der Waals surface area contributed by atoms with Crippen molar-refractivity contribution in [3.63, 3.8) is 0 Å². The number of anilines is 1. The maximum Gasteiger partial charge on any atom is 0.433 e. The van der Waals surface area contributed by atoms with Crippen molar-refractivity contribution >= 4 is 29.0 Å². The number of aliphatic carboxylic acids is 1. The molecule has 1 aromatic heterocycles. The van der Waals surface area contributed by atoms with Crippen molar-refractivity contribution in [3.8, 4) is 16.9 Å². The summed E-state index contributed by atoms with van der Waals surface area (Å²) in [5.74, 6) is -0.859. The minimum absolute atomic E-state index is 0.0253. The number of para-hydroxylation sites is 1. The van der Waals surface area contributed by atoms with Gasteiger partial charge in [0.25, 0.3) is 0 Å². The van der Waals surface area contributed by atoms with Crippen molar-refractivity contribution in [1.29, 1.82) is 0 Å². The molecular weight excluding hydrogens is 485 g/mol. The van der Waals surface area contributed by atoms with Crippen molar-refractivity contribution < 1.29 is 32.6 Å². The summed E-state index contributed by atoms with van der Waals surface area (Å²) in [6.07, 6.45) is -3.64. The van der Waals surface area contributed by atoms with Crippen LogP contribution in [0.5, 0.6) is 5.75 Å². The van der Waals surface area contributed by atoms with Crippen LogP contribution in [0.1, 0.15) is 33.6 Å². The number of carboxylic acids is 1. The number of carbonyl (C=O) groups is 2. The standard InChI is InChI=1S/C25H22ClF3N2O4/c1-14-4-3-5-21(35-9-8-23(33)34)24(14)31-13-20(32)16-6-7-19(26)17(11-16)18-12-30-22(10-15(18)2)25(27,28)29/h3-7,10-12,31H,8-9,13H2,1-2H3,(H,33,34). The molecule has 0 radical (unpaired) electrons. The number of hydrogen-bond donors (Lipinski definition) is 2. The Hall–Kier alpha value is -3.59. The Labute approximate surface area is 204 Å². The number of carboxylic acid groups (broad SMARTS) is 1. The molecule has 0 atom stereocenters. The van der Waals surface area contributed by atoms with Crippen molar-refractivity contribution in [2.24, 2.45) is 0 Å². The molecule has 2 N–H and O–H groups in total. The van der Waals surface area contributed by atoms with Gasteiger partial charge < -0.3 is 15.2 Å². The van der Waals surface area contributed by atoms with Crippen LogP contribution in [0.25, 0.3) is 11.1 Å². The third kappa shape index (κ3) is 6.51. The third-order valence-corrected chi connectivity index (χ3v) is 5.54. The van der Waals surface area contributed by atoms with Crippen molar-refractivity contribution in [1.82, 2.24) is 4.98 Å². The van der Waals surface area contributed by atoms with Crippen molar-refractivity contribution in [3.05, 3.63) is 76.1 Å². The molecule has 184 valence electrons. The molecule has 0 saturated heterocycles. The SMILES string of the molecule is Cc1cc(C(F)(F)F)ncc1-c1cc(C(=O)CNc2c(C)cccc2OCCC(=O)O)ccc1Cl. The predicted molar refractivity (Wildman–Crippen MR) is 126 cm³/mol. The highest BCUT2D eigenvalue weighted by Crippen LogP contribution is 2.35. The van der Waals surface area contributed by atoms with Gasteiger partial charge in [0, 0.05) is 27.9 Å². The Morgan fingerprint density at radius 1 is 1.09 bits per heavy atom. The highest BCUT2D eigenvalue weighted by Gasteiger charge is 2.32. The van der Waals surface area contributed by atoms with Crippen LogP contribution >= 0.6 is 11.6 Å². The van der Waals surface area contributed by atoms with Gasteiger partial charge in [-0.3, -0.25) is 14.6 Å². The highest BCUT2D eigenvalue weighted by atomic mass is 35.5. The summed E-state index contributed by atoms with van der Waals surface area (Å²) in [4.78, 5) is 27.2. The lowest BCUT2D eigenvalue weighted by atomic mass is 9.98. The molecule has 0 spiro atoms. The molecule has 35 heavy (non-hydrogen) atoms. The van der Waals surface area contributed by atoms with Crippen LogP contribution in [0.3, 0.4) is 0 Å². The summed E-state index contributed by atoms with van der Waals surface area (Å²) in [7, 11) is 0. The molecule has 6 nitrogen and oxygen atoms in total. The first kappa shape index (κ1) is 26.0. The van der Waals surface area contributed by atoms with Crippen LogP contribution in [0, 0.1) is 13.8 Å². The molecule has 1 heterocycles. The number of rotatable bonds is 9. The molecule has 0 aliphatic carbocycles. The van der Waals surface area contributed by atoms with Crippen molar-refractivity contribution in [2.45, 2.75) is 26.4 Å². The number of alkyl halides is 3. The van der Waals surface area contributed by atoms with E-state index in [9.17, 15) is 22.8 Å². The first-order valence-corrected chi connectivity index (χ1v) is 10.9. The molecular formula is C25H22ClF3N2O4. The van der Waals surface area contributed by atoms with Gasteiger partial charge in [-0.05, 0) is 55.3 Å². The van der Waals surface area contributed by atoms with E-state index in [1.807, 2.05) is 13.0 Å². The monoisotopic (exact) mass is 506 g/mol. The molecule has 0 unspecified atom stereocenters. The lowest BCUT2D eigenvalue weighted by Gasteiger charge is -2.15. The van der Waals surface area contributed by atoms with Crippen LogP contribution in [0.4, 0.5) is 18.9 Å². The normalized spacial score (nSPS) is 11.3. The summed E-state index contributed by atoms with van der Waals surface area (Å²) in [5.41, 5.74) is 1.75. The zero-order valence-electron chi connectivity index (χ0n) is 18.9. The number of ketones is 1. The van der Waals surface area contributed by atoms with Gasteiger partial charge >= 0.3 is 12.1 Å². The summed E-state index contributed by atoms with van der Waals surface area (Å²) >= 11 is 6.29. The molecule has 0 amide bonds. The van der Waals surface area contributed by atoms with Gasteiger partial charge in [-0.2, -0.15) is 13.2 Å². The van der Waals surface area contributed by atoms with E-state index in [0.29, 0.717) is 33.7 Å². The number of aromatic nitrogens is 1. The Kier molecular flexibility index (Phi) is 8.01. The summed E-state index contributed by atoms with van der Waals surface area (Å²) in [6, 6.07) is 10.7. The van der Waals surface area contributed by atoms with E-state index in [-0.39, 0.29) is 30.4 Å². The van der Waals surface area contributed by atoms with Gasteiger partial charge in [0.1, 0.15) is 11.4 Å². The first-order valence-electron chi connectivity index (χ1n) is 10.5. The quantitative estimate of drug-likeness (QED) is 0.337. The number of Topliss-reactive ketones (excluding diaryl/α,β-unsaturated/α-hetero) is 1. The molecule has 3 rings (SSSR count). The largest absolute Gasteiger partial charge is 0.491 e. The number of nitrogens with zero attached hydrogens (tertiary/aromatic N) is 1. The number of hydrogen-bond acceptors (Lipinski definition) is 5. The number of ether oxygens (including phenoxy) is 1. The fourth-order valence-corrected chi connectivity index (χ4v) is 3.62. The Bertz CT molecular complexity index is 1260. The minimum atomic E-state index is -4.57. The highest BCUT2D eigenvalue weighted by molar-refractivity contribution is 6.33. The lowest BCUT2D eigenvalue weighted by Crippen LogP contribution is -2.16. The van der Waals surface area contributed by atoms with Gasteiger partial charge in [0.2, 0.25) is 0 Å². The number of aryl methyl sites for hydroxylation is 2. The van der Waals surface area contributed by atoms with Crippen LogP contribution in [-0.4, -0.2) is 35.0 Å². The molecule has 0 saturated carbocycles. The molecule has 10 heteroatoms. The number of nitrogens with one attached hydrogen (secondary N) is 1. The van der Waals surface area contributed by atoms with Crippen LogP contribution in [-0.2, 0) is 11.0 Å². The molecule has 0 aliphatic rings. The minimum Gasteiger partial charge on any atom is -0.491 e. The van der Waals surface area contributed by atoms with Crippen molar-refractivity contribution in [2.75, 3.05) is 18.5 Å². The Morgan fingerprint density at radius 2 is 1.83 bits per heavy atom. The van der Waals surface area contributed by atoms with Crippen LogP contribution in [0.15, 0.2) is 48.7 Å². The van der Waals surface area contributed by atoms with Gasteiger partial charge in [-0.15, -0.1) is 0 Å². The zero-order chi connectivity index (χ0) is 25.8. The third-order valence-electron chi connectivity index (χ3n) is 5.21. The van der Waals surface area contributed by atoms with E-state index in [1.165, 1.54) is 25.1 Å². The average Bonchev–Trinajstić information content (AvgIpc) is 2.78. The van der Waals surface area contributed by atoms with Crippen LogP contribution in [0.2, 0.25) is 5.02 Å². The van der Waals surface area contributed by atoms with E-state index in [0.717, 1.165) is 17.8 Å². The molecule has 0 fully saturated rings. The zero-order valence-corrected chi connectivity index (χ0v) is 19.6. The van der Waals surface area contributed by atoms with E-state index >= 15 is 0 Å². The smallest absolute Gasteiger partial charge is 0.433 e. The van der Waals surface area contributed by atoms with Gasteiger partial charge in [-0.25, -0.2) is 0 Å². The van der Waals surface area contributed by atoms with Crippen LogP contribution < -0.4 is 10.1 Å². The Balaban J connectivity index is 1.80. The summed E-state index contributed by atoms with van der Waals surface area (Å²) in [6.45, 7) is 3.20. The number of pyridine rings is 1. The second-order valence-electron chi connectivity index (χ2n) is 7.79. The second kappa shape index (κ2) is 10.8. The predicted octanol–water partition coefficient (Wildman–Crippen LogP) is 6.19. The number of halogens is 4. The van der Waals surface area contributed by atoms with E-state index < -0.39 is 17.8 Å². The maximum atomic E-state index is 13.0. The Morgan fingerprint density at radius 3 is 2.49 bits per heavy atom. The summed E-state index contributed by atoms with van der Waals surface area (Å²) in [5, 5.41) is 12.1. The topological polar surface area (TPSA) is 88.5 Å². The average molecular weight is 507 g/mol. The van der Waals surface area contributed by atoms with Gasteiger partial charge in [0.15, 0.2) is 5.78 Å². The maximum absolute atomic E-state index is 13.0. The second-order valence-corrected chi connectivity index (χ2v) is 8.20. The van der Waals surface area contributed by atoms with E-state index in [4.69, 9.17) is 21.4 Å². The van der Waals surface area contributed by atoms with E-state index in [1.54, 1.807) is 12.1 Å². The molecule has 3 aromatic rings. The van der Waals surface area contributed by atoms with E-state index in [2.05, 4.69) is 10.3 Å². The first-order chi connectivity index (χ1) is 16.5.